The number of anilines is 1. The van der Waals surface area contributed by atoms with Crippen LogP contribution in [0.5, 0.6) is 0 Å². The fourth-order valence-electron chi connectivity index (χ4n) is 2.36. The molecule has 18 heavy (non-hydrogen) atoms. The van der Waals surface area contributed by atoms with Crippen LogP contribution in [0.15, 0.2) is 18.2 Å². The van der Waals surface area contributed by atoms with Crippen LogP contribution in [0.1, 0.15) is 25.0 Å². The molecule has 0 atom stereocenters. The van der Waals surface area contributed by atoms with E-state index in [1.807, 2.05) is 24.8 Å². The Morgan fingerprint density at radius 2 is 2.17 bits per heavy atom. The van der Waals surface area contributed by atoms with Crippen LogP contribution in [-0.2, 0) is 0 Å². The van der Waals surface area contributed by atoms with Crippen LogP contribution in [-0.4, -0.2) is 29.4 Å². The monoisotopic (exact) mass is 263 g/mol. The molecule has 98 valence electrons. The van der Waals surface area contributed by atoms with Gasteiger partial charge in [-0.05, 0) is 32.9 Å². The number of nitrogen functional groups attached to an aromatic ring is 1. The maximum atomic E-state index is 7.74. The van der Waals surface area contributed by atoms with Crippen molar-refractivity contribution in [3.8, 4) is 0 Å². The molecule has 1 fully saturated rings. The number of hydrogen-bond donors (Lipinski definition) is 2. The topological polar surface area (TPSA) is 53.1 Å². The predicted octanol–water partition coefficient (Wildman–Crippen LogP) is 2.61. The van der Waals surface area contributed by atoms with Crippen LogP contribution in [0, 0.1) is 12.3 Å². The quantitative estimate of drug-likeness (QED) is 0.637. The first kappa shape index (κ1) is 13.3. The predicted molar refractivity (Wildman–Crippen MR) is 80.9 cm³/mol. The number of thioether (sulfide) groups is 1. The van der Waals surface area contributed by atoms with Gasteiger partial charge in [-0.15, -0.1) is 0 Å². The van der Waals surface area contributed by atoms with Gasteiger partial charge in [-0.2, -0.15) is 11.8 Å². The molecule has 1 heterocycles. The number of aryl methyl sites for hydroxylation is 1. The molecule has 4 heteroatoms. The van der Waals surface area contributed by atoms with Crippen molar-refractivity contribution in [3.05, 3.63) is 29.3 Å². The van der Waals surface area contributed by atoms with Gasteiger partial charge >= 0.3 is 0 Å². The summed E-state index contributed by atoms with van der Waals surface area (Å²) in [6.45, 7) is 8.60. The number of hydrogen-bond acceptors (Lipinski definition) is 3. The molecule has 1 aromatic carbocycles. The van der Waals surface area contributed by atoms with E-state index in [1.54, 1.807) is 0 Å². The normalized spacial score (nSPS) is 18.7. The number of nitrogens with zero attached hydrogens (tertiary/aromatic N) is 1. The van der Waals surface area contributed by atoms with Crippen molar-refractivity contribution in [3.63, 3.8) is 0 Å². The molecule has 0 radical (unpaired) electrons. The number of rotatable bonds is 2. The van der Waals surface area contributed by atoms with Gasteiger partial charge in [0.15, 0.2) is 0 Å². The Morgan fingerprint density at radius 3 is 2.78 bits per heavy atom. The summed E-state index contributed by atoms with van der Waals surface area (Å²) in [5.74, 6) is 1.28. The van der Waals surface area contributed by atoms with E-state index in [9.17, 15) is 0 Å². The minimum absolute atomic E-state index is 0.157. The average Bonchev–Trinajstić information content (AvgIpc) is 2.27. The van der Waals surface area contributed by atoms with Crippen molar-refractivity contribution < 1.29 is 0 Å². The van der Waals surface area contributed by atoms with E-state index in [0.29, 0.717) is 0 Å². The number of benzene rings is 1. The van der Waals surface area contributed by atoms with Crippen LogP contribution < -0.4 is 10.6 Å². The Balaban J connectivity index is 2.35. The third-order valence-corrected chi connectivity index (χ3v) is 4.51. The molecule has 2 rings (SSSR count). The van der Waals surface area contributed by atoms with Crippen LogP contribution in [0.25, 0.3) is 0 Å². The van der Waals surface area contributed by atoms with Gasteiger partial charge in [0.2, 0.25) is 0 Å². The standard InChI is InChI=1S/C14H21N3S/c1-10-4-5-12(11(8-10)13(15)16)17-6-7-18-14(2,3)9-17/h4-5,8H,6-7,9H2,1-3H3,(H3,15,16). The van der Waals surface area contributed by atoms with E-state index in [1.165, 1.54) is 0 Å². The van der Waals surface area contributed by atoms with E-state index in [4.69, 9.17) is 11.1 Å². The van der Waals surface area contributed by atoms with Gasteiger partial charge < -0.3 is 10.6 Å². The van der Waals surface area contributed by atoms with Crippen molar-refractivity contribution in [2.24, 2.45) is 5.73 Å². The second-order valence-electron chi connectivity index (χ2n) is 5.46. The number of nitrogens with two attached hydrogens (primary N) is 1. The van der Waals surface area contributed by atoms with Crippen molar-refractivity contribution in [2.45, 2.75) is 25.5 Å². The molecule has 0 aromatic heterocycles. The second-order valence-corrected chi connectivity index (χ2v) is 7.27. The summed E-state index contributed by atoms with van der Waals surface area (Å²) in [6, 6.07) is 6.20. The average molecular weight is 263 g/mol. The smallest absolute Gasteiger partial charge is 0.124 e. The van der Waals surface area contributed by atoms with Crippen molar-refractivity contribution in [1.29, 1.82) is 5.41 Å². The van der Waals surface area contributed by atoms with E-state index in [2.05, 4.69) is 30.9 Å². The molecular weight excluding hydrogens is 242 g/mol. The lowest BCUT2D eigenvalue weighted by molar-refractivity contribution is 0.647. The summed E-state index contributed by atoms with van der Waals surface area (Å²) in [5.41, 5.74) is 8.81. The third kappa shape index (κ3) is 2.80. The molecule has 0 unspecified atom stereocenters. The van der Waals surface area contributed by atoms with Gasteiger partial charge in [-0.25, -0.2) is 0 Å². The minimum atomic E-state index is 0.157. The molecule has 0 aliphatic carbocycles. The largest absolute Gasteiger partial charge is 0.384 e. The molecule has 3 N–H and O–H groups in total. The maximum Gasteiger partial charge on any atom is 0.124 e. The Hall–Kier alpha value is -1.16. The zero-order chi connectivity index (χ0) is 13.3. The molecule has 0 saturated carbocycles. The molecule has 3 nitrogen and oxygen atoms in total. The van der Waals surface area contributed by atoms with E-state index in [-0.39, 0.29) is 10.6 Å². The fourth-order valence-corrected chi connectivity index (χ4v) is 3.47. The molecule has 0 bridgehead atoms. The van der Waals surface area contributed by atoms with Crippen molar-refractivity contribution in [2.75, 3.05) is 23.7 Å². The van der Waals surface area contributed by atoms with Crippen molar-refractivity contribution in [1.82, 2.24) is 0 Å². The fraction of sp³-hybridized carbons (Fsp3) is 0.500. The summed E-state index contributed by atoms with van der Waals surface area (Å²) in [5, 5.41) is 7.74. The van der Waals surface area contributed by atoms with Gasteiger partial charge in [0.05, 0.1) is 0 Å². The molecule has 0 spiro atoms. The first-order valence-corrected chi connectivity index (χ1v) is 7.21. The van der Waals surface area contributed by atoms with Crippen LogP contribution in [0.3, 0.4) is 0 Å². The summed E-state index contributed by atoms with van der Waals surface area (Å²) < 4.78 is 0.261. The Kier molecular flexibility index (Phi) is 3.57. The highest BCUT2D eigenvalue weighted by molar-refractivity contribution is 8.00. The van der Waals surface area contributed by atoms with E-state index < -0.39 is 0 Å². The third-order valence-electron chi connectivity index (χ3n) is 3.21. The van der Waals surface area contributed by atoms with Crippen LogP contribution in [0.4, 0.5) is 5.69 Å². The first-order valence-electron chi connectivity index (χ1n) is 6.23. The summed E-state index contributed by atoms with van der Waals surface area (Å²) >= 11 is 2.01. The lowest BCUT2D eigenvalue weighted by Crippen LogP contribution is -2.43. The van der Waals surface area contributed by atoms with Crippen LogP contribution >= 0.6 is 11.8 Å². The Labute approximate surface area is 113 Å². The highest BCUT2D eigenvalue weighted by atomic mass is 32.2. The van der Waals surface area contributed by atoms with Gasteiger partial charge in [-0.1, -0.05) is 11.6 Å². The molecule has 1 saturated heterocycles. The minimum Gasteiger partial charge on any atom is -0.384 e. The molecule has 1 aliphatic heterocycles. The SMILES string of the molecule is Cc1ccc(N2CCSC(C)(C)C2)c(C(=N)N)c1. The van der Waals surface area contributed by atoms with Crippen molar-refractivity contribution >= 4 is 23.3 Å². The van der Waals surface area contributed by atoms with Gasteiger partial charge in [0, 0.05) is 34.8 Å². The molecule has 1 aromatic rings. The number of amidine groups is 1. The van der Waals surface area contributed by atoms with E-state index >= 15 is 0 Å². The highest BCUT2D eigenvalue weighted by Crippen LogP contribution is 2.33. The van der Waals surface area contributed by atoms with Gasteiger partial charge in [-0.3, -0.25) is 5.41 Å². The summed E-state index contributed by atoms with van der Waals surface area (Å²) in [6.07, 6.45) is 0. The zero-order valence-electron chi connectivity index (χ0n) is 11.3. The van der Waals surface area contributed by atoms with Gasteiger partial charge in [0.25, 0.3) is 0 Å². The van der Waals surface area contributed by atoms with E-state index in [0.717, 1.165) is 35.7 Å². The second kappa shape index (κ2) is 4.84. The summed E-state index contributed by atoms with van der Waals surface area (Å²) in [7, 11) is 0. The molecule has 0 amide bonds. The summed E-state index contributed by atoms with van der Waals surface area (Å²) in [4.78, 5) is 2.35. The van der Waals surface area contributed by atoms with Gasteiger partial charge in [0.1, 0.15) is 5.84 Å². The first-order chi connectivity index (χ1) is 8.39. The Bertz CT molecular complexity index is 468. The zero-order valence-corrected chi connectivity index (χ0v) is 12.1. The lowest BCUT2D eigenvalue weighted by atomic mass is 10.1. The Morgan fingerprint density at radius 1 is 1.44 bits per heavy atom. The molecular formula is C14H21N3S. The van der Waals surface area contributed by atoms with Crippen LogP contribution in [0.2, 0.25) is 0 Å². The molecule has 1 aliphatic rings. The lowest BCUT2D eigenvalue weighted by Gasteiger charge is -2.39. The highest BCUT2D eigenvalue weighted by Gasteiger charge is 2.28. The maximum absolute atomic E-state index is 7.74. The number of nitrogens with one attached hydrogen (secondary N) is 1.